The van der Waals surface area contributed by atoms with E-state index in [0.717, 1.165) is 25.7 Å². The normalized spacial score (nSPS) is 21.0. The molecule has 1 N–H and O–H groups in total. The highest BCUT2D eigenvalue weighted by Crippen LogP contribution is 2.31. The Balaban J connectivity index is 2.03. The minimum Gasteiger partial charge on any atom is -0.461 e. The maximum Gasteiger partial charge on any atom is 0.313 e. The summed E-state index contributed by atoms with van der Waals surface area (Å²) in [5.41, 5.74) is 0. The molecule has 0 radical (unpaired) electrons. The van der Waals surface area contributed by atoms with Crippen LogP contribution >= 0.6 is 0 Å². The molecule has 3 atom stereocenters. The molecule has 0 spiro atoms. The van der Waals surface area contributed by atoms with Crippen LogP contribution in [0.4, 0.5) is 0 Å². The van der Waals surface area contributed by atoms with Gasteiger partial charge in [0.15, 0.2) is 0 Å². The SMILES string of the molecule is CCCCCCCCCC[C@@H]1C(=O)O[C@H]1C[C@H](O)CCCCCCC. The van der Waals surface area contributed by atoms with Crippen LogP contribution in [0.2, 0.25) is 0 Å². The minimum absolute atomic E-state index is 0.0253. The molecule has 3 nitrogen and oxygen atoms in total. The van der Waals surface area contributed by atoms with E-state index in [1.165, 1.54) is 70.6 Å². The number of ether oxygens (including phenoxy) is 1. The minimum atomic E-state index is -0.305. The molecule has 0 aromatic heterocycles. The molecule has 0 aromatic carbocycles. The van der Waals surface area contributed by atoms with Crippen LogP contribution in [-0.2, 0) is 9.53 Å². The van der Waals surface area contributed by atoms with E-state index < -0.39 is 0 Å². The monoisotopic (exact) mass is 354 g/mol. The number of aliphatic hydroxyl groups excluding tert-OH is 1. The van der Waals surface area contributed by atoms with Crippen molar-refractivity contribution < 1.29 is 14.6 Å². The van der Waals surface area contributed by atoms with Crippen molar-refractivity contribution >= 4 is 5.97 Å². The Kier molecular flexibility index (Phi) is 13.1. The first-order chi connectivity index (χ1) is 12.2. The summed E-state index contributed by atoms with van der Waals surface area (Å²) in [7, 11) is 0. The van der Waals surface area contributed by atoms with Crippen molar-refractivity contribution in [3.8, 4) is 0 Å². The lowest BCUT2D eigenvalue weighted by molar-refractivity contribution is -0.188. The third-order valence-electron chi connectivity index (χ3n) is 5.53. The Labute approximate surface area is 155 Å². The van der Waals surface area contributed by atoms with Crippen LogP contribution in [0.3, 0.4) is 0 Å². The third kappa shape index (κ3) is 10.2. The van der Waals surface area contributed by atoms with Crippen molar-refractivity contribution in [1.82, 2.24) is 0 Å². The zero-order valence-electron chi connectivity index (χ0n) is 16.8. The van der Waals surface area contributed by atoms with Crippen molar-refractivity contribution in [2.75, 3.05) is 0 Å². The van der Waals surface area contributed by atoms with Gasteiger partial charge >= 0.3 is 5.97 Å². The quantitative estimate of drug-likeness (QED) is 0.251. The van der Waals surface area contributed by atoms with Crippen molar-refractivity contribution in [3.05, 3.63) is 0 Å². The zero-order chi connectivity index (χ0) is 18.3. The molecule has 0 saturated carbocycles. The number of hydrogen-bond donors (Lipinski definition) is 1. The van der Waals surface area contributed by atoms with Crippen molar-refractivity contribution in [1.29, 1.82) is 0 Å². The molecular weight excluding hydrogens is 312 g/mol. The molecule has 0 amide bonds. The molecule has 0 aromatic rings. The Bertz CT molecular complexity index is 329. The second-order valence-corrected chi connectivity index (χ2v) is 7.94. The number of esters is 1. The number of aliphatic hydroxyl groups is 1. The molecule has 1 saturated heterocycles. The highest BCUT2D eigenvalue weighted by atomic mass is 16.6. The summed E-state index contributed by atoms with van der Waals surface area (Å²) in [4.78, 5) is 11.7. The molecule has 1 fully saturated rings. The summed E-state index contributed by atoms with van der Waals surface area (Å²) in [5, 5.41) is 10.2. The van der Waals surface area contributed by atoms with Gasteiger partial charge in [0.1, 0.15) is 6.10 Å². The second kappa shape index (κ2) is 14.6. The Morgan fingerprint density at radius 3 is 1.92 bits per heavy atom. The molecule has 148 valence electrons. The van der Waals surface area contributed by atoms with Gasteiger partial charge in [0.2, 0.25) is 0 Å². The van der Waals surface area contributed by atoms with Crippen molar-refractivity contribution in [2.45, 2.75) is 129 Å². The fourth-order valence-electron chi connectivity index (χ4n) is 3.78. The van der Waals surface area contributed by atoms with Crippen LogP contribution < -0.4 is 0 Å². The van der Waals surface area contributed by atoms with E-state index in [1.807, 2.05) is 0 Å². The summed E-state index contributed by atoms with van der Waals surface area (Å²) < 4.78 is 5.29. The third-order valence-corrected chi connectivity index (χ3v) is 5.53. The van der Waals surface area contributed by atoms with Crippen molar-refractivity contribution in [2.24, 2.45) is 5.92 Å². The van der Waals surface area contributed by atoms with E-state index in [2.05, 4.69) is 13.8 Å². The van der Waals surface area contributed by atoms with Crippen molar-refractivity contribution in [3.63, 3.8) is 0 Å². The zero-order valence-corrected chi connectivity index (χ0v) is 16.8. The summed E-state index contributed by atoms with van der Waals surface area (Å²) in [6.45, 7) is 4.46. The molecule has 3 heteroatoms. The second-order valence-electron chi connectivity index (χ2n) is 7.94. The largest absolute Gasteiger partial charge is 0.461 e. The Hall–Kier alpha value is -0.570. The first-order valence-electron chi connectivity index (χ1n) is 11.1. The van der Waals surface area contributed by atoms with Crippen LogP contribution in [0.1, 0.15) is 117 Å². The fraction of sp³-hybridized carbons (Fsp3) is 0.955. The van der Waals surface area contributed by atoms with E-state index in [0.29, 0.717) is 6.42 Å². The number of carbonyl (C=O) groups excluding carboxylic acids is 1. The van der Waals surface area contributed by atoms with Crippen LogP contribution in [0, 0.1) is 5.92 Å². The van der Waals surface area contributed by atoms with Crippen LogP contribution in [0.15, 0.2) is 0 Å². The van der Waals surface area contributed by atoms with Gasteiger partial charge in [-0.2, -0.15) is 0 Å². The summed E-state index contributed by atoms with van der Waals surface area (Å²) in [6.07, 6.45) is 18.5. The van der Waals surface area contributed by atoms with E-state index in [-0.39, 0.29) is 24.1 Å². The molecule has 0 unspecified atom stereocenters. The van der Waals surface area contributed by atoms with Gasteiger partial charge in [0, 0.05) is 6.42 Å². The van der Waals surface area contributed by atoms with E-state index >= 15 is 0 Å². The number of carbonyl (C=O) groups is 1. The lowest BCUT2D eigenvalue weighted by Crippen LogP contribution is -2.46. The predicted molar refractivity (Wildman–Crippen MR) is 105 cm³/mol. The van der Waals surface area contributed by atoms with E-state index in [1.54, 1.807) is 0 Å². The first-order valence-corrected chi connectivity index (χ1v) is 11.1. The summed E-state index contributed by atoms with van der Waals surface area (Å²) in [5.74, 6) is 0.0120. The maximum absolute atomic E-state index is 11.7. The maximum atomic E-state index is 11.7. The topological polar surface area (TPSA) is 46.5 Å². The van der Waals surface area contributed by atoms with Gasteiger partial charge in [-0.25, -0.2) is 0 Å². The van der Waals surface area contributed by atoms with E-state index in [9.17, 15) is 9.90 Å². The number of hydrogen-bond acceptors (Lipinski definition) is 3. The molecule has 0 bridgehead atoms. The van der Waals surface area contributed by atoms with Gasteiger partial charge in [0.05, 0.1) is 12.0 Å². The average Bonchev–Trinajstić information content (AvgIpc) is 2.59. The lowest BCUT2D eigenvalue weighted by Gasteiger charge is -2.36. The number of unbranched alkanes of at least 4 members (excludes halogenated alkanes) is 11. The van der Waals surface area contributed by atoms with Gasteiger partial charge in [-0.15, -0.1) is 0 Å². The summed E-state index contributed by atoms with van der Waals surface area (Å²) in [6, 6.07) is 0. The van der Waals surface area contributed by atoms with Crippen LogP contribution in [0.25, 0.3) is 0 Å². The smallest absolute Gasteiger partial charge is 0.313 e. The van der Waals surface area contributed by atoms with E-state index in [4.69, 9.17) is 4.74 Å². The fourth-order valence-corrected chi connectivity index (χ4v) is 3.78. The summed E-state index contributed by atoms with van der Waals surface area (Å²) >= 11 is 0. The van der Waals surface area contributed by atoms with Gasteiger partial charge < -0.3 is 9.84 Å². The number of cyclic esters (lactones) is 1. The average molecular weight is 355 g/mol. The molecule has 1 heterocycles. The van der Waals surface area contributed by atoms with Gasteiger partial charge in [-0.1, -0.05) is 97.3 Å². The molecule has 1 aliphatic rings. The molecule has 0 aliphatic carbocycles. The first kappa shape index (κ1) is 22.5. The molecule has 25 heavy (non-hydrogen) atoms. The Morgan fingerprint density at radius 1 is 0.840 bits per heavy atom. The van der Waals surface area contributed by atoms with Gasteiger partial charge in [0.25, 0.3) is 0 Å². The predicted octanol–water partition coefficient (Wildman–Crippen LogP) is 6.17. The number of rotatable bonds is 17. The molecule has 1 rings (SSSR count). The lowest BCUT2D eigenvalue weighted by atomic mass is 9.86. The van der Waals surface area contributed by atoms with Crippen LogP contribution in [0.5, 0.6) is 0 Å². The van der Waals surface area contributed by atoms with Crippen LogP contribution in [-0.4, -0.2) is 23.3 Å². The van der Waals surface area contributed by atoms with Gasteiger partial charge in [-0.3, -0.25) is 4.79 Å². The standard InChI is InChI=1S/C22H42O3/c1-3-5-7-9-10-11-13-15-17-20-21(25-22(20)24)18-19(23)16-14-12-8-6-4-2/h19-21,23H,3-18H2,1-2H3/t19-,20+,21+/m1/s1. The Morgan fingerprint density at radius 2 is 1.36 bits per heavy atom. The molecular formula is C22H42O3. The van der Waals surface area contributed by atoms with Gasteiger partial charge in [-0.05, 0) is 12.8 Å². The highest BCUT2D eigenvalue weighted by molar-refractivity contribution is 5.78. The highest BCUT2D eigenvalue weighted by Gasteiger charge is 2.42. The molecule has 1 aliphatic heterocycles.